The van der Waals surface area contributed by atoms with Crippen LogP contribution in [0.3, 0.4) is 0 Å². The maximum Gasteiger partial charge on any atom is 0.449 e. The molecule has 14 heavy (non-hydrogen) atoms. The van der Waals surface area contributed by atoms with E-state index in [1.807, 2.05) is 0 Å². The highest BCUT2D eigenvalue weighted by Crippen LogP contribution is 2.20. The number of nitrogens with zero attached hydrogens (tertiary/aromatic N) is 1. The molecule has 0 saturated heterocycles. The lowest BCUT2D eigenvalue weighted by Crippen LogP contribution is -2.09. The molecule has 72 valence electrons. The van der Waals surface area contributed by atoms with E-state index in [2.05, 4.69) is 20.5 Å². The topological polar surface area (TPSA) is 67.0 Å². The van der Waals surface area contributed by atoms with Gasteiger partial charge in [0, 0.05) is 9.91 Å². The number of H-pyrrole nitrogens is 1. The van der Waals surface area contributed by atoms with E-state index < -0.39 is 6.09 Å². The van der Waals surface area contributed by atoms with E-state index in [0.717, 1.165) is 5.52 Å². The minimum atomic E-state index is -1.15. The number of halogens is 1. The molecule has 0 atom stereocenters. The summed E-state index contributed by atoms with van der Waals surface area (Å²) in [6.45, 7) is 0. The van der Waals surface area contributed by atoms with E-state index in [4.69, 9.17) is 0 Å². The van der Waals surface area contributed by atoms with Crippen LogP contribution >= 0.6 is 0 Å². The largest absolute Gasteiger partial charge is 0.449 e. The second kappa shape index (κ2) is 3.33. The molecule has 0 aliphatic heterocycles. The number of fused-ring (bicyclic) bond motifs is 1. The second-order valence-corrected chi connectivity index (χ2v) is 2.63. The Morgan fingerprint density at radius 3 is 3.21 bits per heavy atom. The van der Waals surface area contributed by atoms with Crippen LogP contribution in [0.1, 0.15) is 0 Å². The maximum atomic E-state index is 11.5. The first-order chi connectivity index (χ1) is 6.81. The van der Waals surface area contributed by atoms with Crippen LogP contribution in [0.4, 0.5) is 15.0 Å². The summed E-state index contributed by atoms with van der Waals surface area (Å²) in [5.41, 5.74) is 1.19. The molecule has 1 heterocycles. The van der Waals surface area contributed by atoms with E-state index in [0.29, 0.717) is 11.1 Å². The number of aromatic amines is 1. The predicted octanol–water partition coefficient (Wildman–Crippen LogP) is 2.00. The van der Waals surface area contributed by atoms with Crippen LogP contribution in [-0.4, -0.2) is 16.3 Å². The number of aromatic nitrogens is 2. The van der Waals surface area contributed by atoms with Crippen LogP contribution in [0.25, 0.3) is 10.9 Å². The van der Waals surface area contributed by atoms with Gasteiger partial charge in [-0.1, -0.05) is 6.07 Å². The van der Waals surface area contributed by atoms with Gasteiger partial charge >= 0.3 is 6.09 Å². The summed E-state index contributed by atoms with van der Waals surface area (Å²) in [4.78, 5) is 13.6. The minimum Gasteiger partial charge on any atom is -0.288 e. The Hall–Kier alpha value is -2.11. The van der Waals surface area contributed by atoms with Gasteiger partial charge in [-0.05, 0) is 12.1 Å². The molecule has 5 nitrogen and oxygen atoms in total. The fourth-order valence-corrected chi connectivity index (χ4v) is 1.21. The van der Waals surface area contributed by atoms with Crippen molar-refractivity contribution in [3.63, 3.8) is 0 Å². The predicted molar refractivity (Wildman–Crippen MR) is 47.3 cm³/mol. The van der Waals surface area contributed by atoms with Gasteiger partial charge in [0.2, 0.25) is 0 Å². The third-order valence-electron chi connectivity index (χ3n) is 1.79. The number of amides is 1. The molecule has 0 saturated carbocycles. The Labute approximate surface area is 77.8 Å². The molecule has 2 N–H and O–H groups in total. The van der Waals surface area contributed by atoms with E-state index in [1.54, 1.807) is 18.2 Å². The lowest BCUT2D eigenvalue weighted by atomic mass is 10.2. The number of hydrogen-bond acceptors (Lipinski definition) is 3. The van der Waals surface area contributed by atoms with E-state index in [-0.39, 0.29) is 0 Å². The van der Waals surface area contributed by atoms with Gasteiger partial charge in [-0.15, -0.1) is 0 Å². The Morgan fingerprint density at radius 2 is 2.43 bits per heavy atom. The number of hydrogen-bond donors (Lipinski definition) is 2. The number of carbonyl (C=O) groups is 1. The minimum absolute atomic E-state index is 0.443. The number of benzene rings is 1. The van der Waals surface area contributed by atoms with Crippen LogP contribution in [-0.2, 0) is 4.94 Å². The normalized spacial score (nSPS) is 10.1. The van der Waals surface area contributed by atoms with Crippen LogP contribution < -0.4 is 5.32 Å². The molecule has 0 unspecified atom stereocenters. The van der Waals surface area contributed by atoms with Gasteiger partial charge in [-0.3, -0.25) is 10.4 Å². The molecule has 0 aliphatic carbocycles. The molecule has 0 spiro atoms. The molecule has 1 aromatic heterocycles. The Balaban J connectivity index is 2.41. The van der Waals surface area contributed by atoms with Gasteiger partial charge in [0.1, 0.15) is 0 Å². The second-order valence-electron chi connectivity index (χ2n) is 2.63. The van der Waals surface area contributed by atoms with Crippen molar-refractivity contribution in [1.29, 1.82) is 0 Å². The van der Waals surface area contributed by atoms with Crippen molar-refractivity contribution in [2.24, 2.45) is 0 Å². The molecule has 0 bridgehead atoms. The summed E-state index contributed by atoms with van der Waals surface area (Å²) >= 11 is 0. The van der Waals surface area contributed by atoms with Crippen molar-refractivity contribution >= 4 is 22.7 Å². The fourth-order valence-electron chi connectivity index (χ4n) is 1.21. The molecule has 6 heteroatoms. The summed E-state index contributed by atoms with van der Waals surface area (Å²) in [7, 11) is 0. The Bertz CT molecular complexity index is 468. The molecule has 0 radical (unpaired) electrons. The Kier molecular flexibility index (Phi) is 2.02. The summed E-state index contributed by atoms with van der Waals surface area (Å²) in [6, 6.07) is 5.11. The maximum absolute atomic E-state index is 11.5. The summed E-state index contributed by atoms with van der Waals surface area (Å²) in [6.07, 6.45) is 0.377. The van der Waals surface area contributed by atoms with Crippen molar-refractivity contribution in [2.45, 2.75) is 0 Å². The third-order valence-corrected chi connectivity index (χ3v) is 1.79. The van der Waals surface area contributed by atoms with Crippen LogP contribution in [0.2, 0.25) is 0 Å². The number of nitrogens with one attached hydrogen (secondary N) is 2. The lowest BCUT2D eigenvalue weighted by Gasteiger charge is -2.01. The summed E-state index contributed by atoms with van der Waals surface area (Å²) < 4.78 is 11.5. The standard InChI is InChI=1S/C8H6FN3O2/c9-14-8(13)11-6-2-1-3-7-5(6)4-10-12-7/h1-4H,(H,10,12)(H,11,13). The molecule has 2 rings (SSSR count). The van der Waals surface area contributed by atoms with Gasteiger partial charge in [0.05, 0.1) is 17.4 Å². The zero-order valence-electron chi connectivity index (χ0n) is 6.95. The molecule has 1 aromatic carbocycles. The Morgan fingerprint density at radius 1 is 1.57 bits per heavy atom. The first-order valence-electron chi connectivity index (χ1n) is 3.83. The number of carbonyl (C=O) groups excluding carboxylic acids is 1. The number of anilines is 1. The van der Waals surface area contributed by atoms with E-state index in [1.165, 1.54) is 6.20 Å². The monoisotopic (exact) mass is 195 g/mol. The van der Waals surface area contributed by atoms with Gasteiger partial charge in [0.25, 0.3) is 0 Å². The third kappa shape index (κ3) is 1.37. The summed E-state index contributed by atoms with van der Waals surface area (Å²) in [5.74, 6) is 0. The zero-order chi connectivity index (χ0) is 9.97. The first-order valence-corrected chi connectivity index (χ1v) is 3.83. The van der Waals surface area contributed by atoms with Gasteiger partial charge in [0.15, 0.2) is 0 Å². The average molecular weight is 195 g/mol. The highest BCUT2D eigenvalue weighted by atomic mass is 19.3. The van der Waals surface area contributed by atoms with Gasteiger partial charge < -0.3 is 0 Å². The van der Waals surface area contributed by atoms with Crippen molar-refractivity contribution in [3.05, 3.63) is 24.4 Å². The quantitative estimate of drug-likeness (QED) is 0.731. The average Bonchev–Trinajstić information content (AvgIpc) is 2.66. The highest BCUT2D eigenvalue weighted by Gasteiger charge is 2.07. The van der Waals surface area contributed by atoms with Crippen LogP contribution in [0, 0.1) is 0 Å². The smallest absolute Gasteiger partial charge is 0.288 e. The van der Waals surface area contributed by atoms with Crippen LogP contribution in [0.15, 0.2) is 24.4 Å². The highest BCUT2D eigenvalue weighted by molar-refractivity contribution is 5.98. The van der Waals surface area contributed by atoms with E-state index >= 15 is 0 Å². The van der Waals surface area contributed by atoms with Crippen molar-refractivity contribution < 1.29 is 14.3 Å². The summed E-state index contributed by atoms with van der Waals surface area (Å²) in [5, 5.41) is 9.42. The molecular formula is C8H6FN3O2. The van der Waals surface area contributed by atoms with Crippen molar-refractivity contribution in [3.8, 4) is 0 Å². The molecular weight excluding hydrogens is 189 g/mol. The molecule has 0 fully saturated rings. The van der Waals surface area contributed by atoms with Crippen molar-refractivity contribution in [1.82, 2.24) is 10.2 Å². The first kappa shape index (κ1) is 8.49. The molecule has 0 aliphatic rings. The zero-order valence-corrected chi connectivity index (χ0v) is 6.95. The van der Waals surface area contributed by atoms with E-state index in [9.17, 15) is 9.32 Å². The lowest BCUT2D eigenvalue weighted by molar-refractivity contribution is -0.0543. The van der Waals surface area contributed by atoms with Gasteiger partial charge in [-0.2, -0.15) is 5.10 Å². The molecule has 2 aromatic rings. The fraction of sp³-hybridized carbons (Fsp3) is 0. The van der Waals surface area contributed by atoms with Crippen molar-refractivity contribution in [2.75, 3.05) is 5.32 Å². The number of rotatable bonds is 1. The SMILES string of the molecule is O=C(Nc1cccc2[nH]ncc12)OF. The van der Waals surface area contributed by atoms with Gasteiger partial charge in [-0.25, -0.2) is 9.74 Å². The van der Waals surface area contributed by atoms with Crippen LogP contribution in [0.5, 0.6) is 0 Å². The molecule has 1 amide bonds.